The van der Waals surface area contributed by atoms with Crippen LogP contribution in [0.3, 0.4) is 0 Å². The highest BCUT2D eigenvalue weighted by Crippen LogP contribution is 2.45. The molecule has 1 unspecified atom stereocenters. The molecule has 0 heterocycles. The predicted octanol–water partition coefficient (Wildman–Crippen LogP) is 7.45. The fourth-order valence-electron chi connectivity index (χ4n) is 4.03. The molecule has 2 aromatic rings. The second-order valence-corrected chi connectivity index (χ2v) is 13.9. The minimum atomic E-state index is -1.66. The summed E-state index contributed by atoms with van der Waals surface area (Å²) in [5.41, 5.74) is 4.44. The summed E-state index contributed by atoms with van der Waals surface area (Å²) in [6, 6.07) is 22.2. The van der Waals surface area contributed by atoms with Crippen molar-refractivity contribution in [2.75, 3.05) is 0 Å². The third-order valence-electron chi connectivity index (χ3n) is 5.22. The molecule has 0 aliphatic heterocycles. The van der Waals surface area contributed by atoms with E-state index in [9.17, 15) is 0 Å². The summed E-state index contributed by atoms with van der Waals surface area (Å²) >= 11 is 0. The Morgan fingerprint density at radius 1 is 0.840 bits per heavy atom. The molecule has 1 heteroatoms. The highest BCUT2D eigenvalue weighted by molar-refractivity contribution is 6.81. The topological polar surface area (TPSA) is 0 Å². The predicted molar refractivity (Wildman–Crippen MR) is 115 cm³/mol. The number of allylic oxidation sites excluding steroid dienone is 2. The van der Waals surface area contributed by atoms with Crippen molar-refractivity contribution in [2.45, 2.75) is 58.3 Å². The van der Waals surface area contributed by atoms with E-state index in [0.29, 0.717) is 16.5 Å². The van der Waals surface area contributed by atoms with E-state index in [2.05, 4.69) is 114 Å². The molecule has 0 radical (unpaired) electrons. The quantitative estimate of drug-likeness (QED) is 0.375. The van der Waals surface area contributed by atoms with E-state index in [0.717, 1.165) is 0 Å². The summed E-state index contributed by atoms with van der Waals surface area (Å²) in [6.07, 6.45) is 5.99. The number of hydrogen-bond acceptors (Lipinski definition) is 0. The molecule has 0 aromatic heterocycles. The molecule has 1 atom stereocenters. The van der Waals surface area contributed by atoms with Crippen LogP contribution in [0.5, 0.6) is 0 Å². The van der Waals surface area contributed by atoms with Gasteiger partial charge in [-0.2, -0.15) is 0 Å². The SMILES string of the molecule is C/C=C/C(CC(C)(C)C)[Si](C)(C)C(c1ccccc1)c1ccccc1. The molecule has 0 spiro atoms. The Labute approximate surface area is 156 Å². The van der Waals surface area contributed by atoms with Crippen LogP contribution in [-0.4, -0.2) is 8.07 Å². The van der Waals surface area contributed by atoms with Crippen LogP contribution in [0, 0.1) is 5.41 Å². The van der Waals surface area contributed by atoms with Gasteiger partial charge < -0.3 is 0 Å². The van der Waals surface area contributed by atoms with Gasteiger partial charge in [-0.15, -0.1) is 0 Å². The largest absolute Gasteiger partial charge is 0.0917 e. The highest BCUT2D eigenvalue weighted by Gasteiger charge is 2.41. The molecule has 0 saturated heterocycles. The molecular formula is C24H34Si. The van der Waals surface area contributed by atoms with Gasteiger partial charge in [0.1, 0.15) is 0 Å². The summed E-state index contributed by atoms with van der Waals surface area (Å²) < 4.78 is 0. The Kier molecular flexibility index (Phi) is 6.45. The first-order valence-electron chi connectivity index (χ1n) is 9.48. The monoisotopic (exact) mass is 350 g/mol. The molecule has 2 rings (SSSR count). The van der Waals surface area contributed by atoms with Gasteiger partial charge in [0.2, 0.25) is 0 Å². The maximum absolute atomic E-state index is 2.58. The molecule has 0 amide bonds. The van der Waals surface area contributed by atoms with Crippen molar-refractivity contribution in [3.05, 3.63) is 83.9 Å². The number of benzene rings is 2. The van der Waals surface area contributed by atoms with Crippen LogP contribution in [0.25, 0.3) is 0 Å². The van der Waals surface area contributed by atoms with E-state index < -0.39 is 8.07 Å². The molecule has 0 bridgehead atoms. The van der Waals surface area contributed by atoms with Crippen molar-refractivity contribution < 1.29 is 0 Å². The Hall–Kier alpha value is -1.60. The maximum atomic E-state index is 2.58. The first kappa shape index (κ1) is 19.7. The van der Waals surface area contributed by atoms with E-state index >= 15 is 0 Å². The molecule has 0 saturated carbocycles. The summed E-state index contributed by atoms with van der Waals surface area (Å²) in [4.78, 5) is 0. The lowest BCUT2D eigenvalue weighted by molar-refractivity contribution is 0.377. The first-order valence-corrected chi connectivity index (χ1v) is 12.6. The van der Waals surface area contributed by atoms with Gasteiger partial charge in [0, 0.05) is 5.54 Å². The Balaban J connectivity index is 2.54. The molecule has 0 aliphatic carbocycles. The van der Waals surface area contributed by atoms with Gasteiger partial charge in [-0.3, -0.25) is 0 Å². The molecule has 0 aliphatic rings. The lowest BCUT2D eigenvalue weighted by Gasteiger charge is -2.41. The summed E-state index contributed by atoms with van der Waals surface area (Å²) in [5, 5.41) is 0. The van der Waals surface area contributed by atoms with Crippen molar-refractivity contribution in [1.82, 2.24) is 0 Å². The van der Waals surface area contributed by atoms with E-state index in [1.165, 1.54) is 17.5 Å². The summed E-state index contributed by atoms with van der Waals surface area (Å²) in [5.74, 6) is 0. The fraction of sp³-hybridized carbons (Fsp3) is 0.417. The maximum Gasteiger partial charge on any atom is 0.0671 e. The van der Waals surface area contributed by atoms with Crippen LogP contribution in [0.4, 0.5) is 0 Å². The molecule has 25 heavy (non-hydrogen) atoms. The first-order chi connectivity index (χ1) is 11.8. The van der Waals surface area contributed by atoms with E-state index in [-0.39, 0.29) is 0 Å². The lowest BCUT2D eigenvalue weighted by atomic mass is 9.90. The van der Waals surface area contributed by atoms with E-state index in [1.807, 2.05) is 0 Å². The zero-order valence-electron chi connectivity index (χ0n) is 16.8. The third kappa shape index (κ3) is 5.18. The van der Waals surface area contributed by atoms with E-state index in [1.54, 1.807) is 0 Å². The summed E-state index contributed by atoms with van der Waals surface area (Å²) in [6.45, 7) is 14.4. The Morgan fingerprint density at radius 2 is 1.28 bits per heavy atom. The van der Waals surface area contributed by atoms with Crippen molar-refractivity contribution in [1.29, 1.82) is 0 Å². The minimum Gasteiger partial charge on any atom is -0.0917 e. The van der Waals surface area contributed by atoms with Gasteiger partial charge in [-0.25, -0.2) is 0 Å². The number of hydrogen-bond donors (Lipinski definition) is 0. The zero-order valence-corrected chi connectivity index (χ0v) is 17.8. The normalized spacial score (nSPS) is 14.2. The van der Waals surface area contributed by atoms with Crippen molar-refractivity contribution in [3.63, 3.8) is 0 Å². The Morgan fingerprint density at radius 3 is 1.64 bits per heavy atom. The Bertz CT molecular complexity index is 623. The molecule has 134 valence electrons. The lowest BCUT2D eigenvalue weighted by Crippen LogP contribution is -2.41. The fourth-order valence-corrected chi connectivity index (χ4v) is 8.39. The van der Waals surface area contributed by atoms with Gasteiger partial charge in [0.15, 0.2) is 0 Å². The van der Waals surface area contributed by atoms with E-state index in [4.69, 9.17) is 0 Å². The molecule has 0 N–H and O–H groups in total. The van der Waals surface area contributed by atoms with Crippen LogP contribution in [0.2, 0.25) is 18.6 Å². The van der Waals surface area contributed by atoms with Crippen molar-refractivity contribution >= 4 is 8.07 Å². The van der Waals surface area contributed by atoms with Crippen LogP contribution in [0.15, 0.2) is 72.8 Å². The molecule has 0 nitrogen and oxygen atoms in total. The minimum absolute atomic E-state index is 0.340. The van der Waals surface area contributed by atoms with Crippen molar-refractivity contribution in [2.24, 2.45) is 5.41 Å². The van der Waals surface area contributed by atoms with Crippen LogP contribution in [0.1, 0.15) is 50.8 Å². The van der Waals surface area contributed by atoms with Gasteiger partial charge in [-0.05, 0) is 35.4 Å². The van der Waals surface area contributed by atoms with Crippen molar-refractivity contribution in [3.8, 4) is 0 Å². The van der Waals surface area contributed by atoms with Crippen LogP contribution >= 0.6 is 0 Å². The average Bonchev–Trinajstić information content (AvgIpc) is 2.55. The zero-order chi connectivity index (χ0) is 18.5. The third-order valence-corrected chi connectivity index (χ3v) is 9.69. The van der Waals surface area contributed by atoms with Gasteiger partial charge in [-0.1, -0.05) is 107 Å². The second kappa shape index (κ2) is 8.18. The highest BCUT2D eigenvalue weighted by atomic mass is 28.3. The smallest absolute Gasteiger partial charge is 0.0671 e. The van der Waals surface area contributed by atoms with Crippen LogP contribution in [-0.2, 0) is 0 Å². The van der Waals surface area contributed by atoms with Gasteiger partial charge >= 0.3 is 0 Å². The second-order valence-electron chi connectivity index (χ2n) is 8.97. The standard InChI is InChI=1S/C24H34Si/c1-7-14-22(19-24(2,3)4)25(5,6)23(20-15-10-8-11-16-20)21-17-12-9-13-18-21/h7-18,22-23H,19H2,1-6H3/b14-7+. The van der Waals surface area contributed by atoms with Gasteiger partial charge in [0.25, 0.3) is 0 Å². The van der Waals surface area contributed by atoms with Gasteiger partial charge in [0.05, 0.1) is 8.07 Å². The molecule has 0 fully saturated rings. The molecule has 2 aromatic carbocycles. The van der Waals surface area contributed by atoms with Crippen LogP contribution < -0.4 is 0 Å². The molecular weight excluding hydrogens is 316 g/mol. The number of rotatable bonds is 6. The average molecular weight is 351 g/mol. The summed E-state index contributed by atoms with van der Waals surface area (Å²) in [7, 11) is -1.66.